The number of aliphatic hydroxyl groups is 1. The summed E-state index contributed by atoms with van der Waals surface area (Å²) in [6, 6.07) is 3.45. The van der Waals surface area contributed by atoms with Crippen molar-refractivity contribution < 1.29 is 24.2 Å². The van der Waals surface area contributed by atoms with Crippen molar-refractivity contribution in [3.8, 4) is 10.8 Å². The molecule has 1 unspecified atom stereocenters. The molecule has 7 nitrogen and oxygen atoms in total. The van der Waals surface area contributed by atoms with Crippen molar-refractivity contribution in [1.82, 2.24) is 10.3 Å². The van der Waals surface area contributed by atoms with Crippen molar-refractivity contribution in [3.63, 3.8) is 0 Å². The lowest BCUT2D eigenvalue weighted by atomic mass is 10.3. The molecule has 2 aromatic heterocycles. The zero-order valence-electron chi connectivity index (χ0n) is 10.5. The van der Waals surface area contributed by atoms with Crippen molar-refractivity contribution in [1.29, 1.82) is 0 Å². The number of aryl methyl sites for hydroxylation is 1. The van der Waals surface area contributed by atoms with Crippen LogP contribution in [0.15, 0.2) is 22.8 Å². The number of nitrogens with zero attached hydrogens (tertiary/aromatic N) is 1. The highest BCUT2D eigenvalue weighted by Crippen LogP contribution is 2.27. The fourth-order valence-corrected chi connectivity index (χ4v) is 2.35. The van der Waals surface area contributed by atoms with Gasteiger partial charge in [0.15, 0.2) is 16.9 Å². The van der Waals surface area contributed by atoms with E-state index in [4.69, 9.17) is 14.6 Å². The summed E-state index contributed by atoms with van der Waals surface area (Å²) in [4.78, 5) is 27.2. The molecule has 20 heavy (non-hydrogen) atoms. The monoisotopic (exact) mass is 296 g/mol. The number of carbonyl (C=O) groups is 2. The molecule has 2 heterocycles. The molecule has 2 aromatic rings. The second-order valence-corrected chi connectivity index (χ2v) is 5.17. The minimum atomic E-state index is -1.64. The van der Waals surface area contributed by atoms with Crippen LogP contribution < -0.4 is 5.32 Å². The van der Waals surface area contributed by atoms with Crippen LogP contribution in [0.25, 0.3) is 10.8 Å². The molecule has 0 bridgehead atoms. The zero-order chi connectivity index (χ0) is 14.7. The highest BCUT2D eigenvalue weighted by molar-refractivity contribution is 7.15. The molecule has 0 aliphatic heterocycles. The van der Waals surface area contributed by atoms with Crippen LogP contribution in [0.4, 0.5) is 0 Å². The summed E-state index contributed by atoms with van der Waals surface area (Å²) in [5, 5.41) is 20.5. The Morgan fingerprint density at radius 2 is 2.30 bits per heavy atom. The van der Waals surface area contributed by atoms with Crippen molar-refractivity contribution in [2.24, 2.45) is 0 Å². The predicted molar refractivity (Wildman–Crippen MR) is 70.5 cm³/mol. The molecule has 1 amide bonds. The van der Waals surface area contributed by atoms with E-state index in [2.05, 4.69) is 10.3 Å². The van der Waals surface area contributed by atoms with Gasteiger partial charge in [-0.15, -0.1) is 11.3 Å². The number of carboxylic acids is 1. The Labute approximate surface area is 117 Å². The number of hydrogen-bond donors (Lipinski definition) is 3. The fourth-order valence-electron chi connectivity index (χ4n) is 1.47. The number of carboxylic acid groups (broad SMARTS) is 1. The smallest absolute Gasteiger partial charge is 0.334 e. The van der Waals surface area contributed by atoms with Crippen molar-refractivity contribution in [3.05, 3.63) is 29.0 Å². The number of aliphatic hydroxyl groups excluding tert-OH is 1. The Balaban J connectivity index is 2.09. The van der Waals surface area contributed by atoms with Crippen LogP contribution in [-0.4, -0.2) is 39.7 Å². The van der Waals surface area contributed by atoms with Gasteiger partial charge in [-0.3, -0.25) is 4.79 Å². The fraction of sp³-hybridized carbons (Fsp3) is 0.250. The van der Waals surface area contributed by atoms with E-state index >= 15 is 0 Å². The van der Waals surface area contributed by atoms with E-state index in [1.807, 2.05) is 0 Å². The van der Waals surface area contributed by atoms with E-state index < -0.39 is 18.0 Å². The van der Waals surface area contributed by atoms with Crippen LogP contribution in [0.5, 0.6) is 0 Å². The molecule has 0 saturated carbocycles. The molecule has 0 aliphatic rings. The Kier molecular flexibility index (Phi) is 4.16. The maximum Gasteiger partial charge on any atom is 0.334 e. The van der Waals surface area contributed by atoms with Gasteiger partial charge in [-0.2, -0.15) is 0 Å². The van der Waals surface area contributed by atoms with E-state index in [0.717, 1.165) is 0 Å². The Hall–Kier alpha value is -2.19. The Morgan fingerprint density at radius 1 is 1.55 bits per heavy atom. The standard InChI is InChI=1S/C12H12N2O5S/c1-6-9(10(16)13-5-7(15)12(17)18)14-11(20-6)8-3-2-4-19-8/h2-4,7,15H,5H2,1H3,(H,13,16)(H,17,18). The molecule has 0 aliphatic carbocycles. The number of furan rings is 1. The van der Waals surface area contributed by atoms with Crippen molar-refractivity contribution in [2.45, 2.75) is 13.0 Å². The lowest BCUT2D eigenvalue weighted by Crippen LogP contribution is -2.36. The number of thiazole rings is 1. The molecule has 0 aromatic carbocycles. The van der Waals surface area contributed by atoms with Gasteiger partial charge in [0.1, 0.15) is 5.69 Å². The van der Waals surface area contributed by atoms with Gasteiger partial charge in [0.05, 0.1) is 12.8 Å². The van der Waals surface area contributed by atoms with Crippen LogP contribution in [0, 0.1) is 6.92 Å². The number of hydrogen-bond acceptors (Lipinski definition) is 6. The molecule has 106 valence electrons. The van der Waals surface area contributed by atoms with Gasteiger partial charge < -0.3 is 19.9 Å². The van der Waals surface area contributed by atoms with Gasteiger partial charge in [0.2, 0.25) is 0 Å². The van der Waals surface area contributed by atoms with E-state index in [1.165, 1.54) is 17.6 Å². The maximum absolute atomic E-state index is 11.9. The number of carbonyl (C=O) groups excluding carboxylic acids is 1. The van der Waals surface area contributed by atoms with Crippen LogP contribution in [0.1, 0.15) is 15.4 Å². The molecule has 3 N–H and O–H groups in total. The molecule has 0 saturated heterocycles. The van der Waals surface area contributed by atoms with E-state index in [1.54, 1.807) is 19.1 Å². The van der Waals surface area contributed by atoms with Gasteiger partial charge >= 0.3 is 5.97 Å². The van der Waals surface area contributed by atoms with Crippen LogP contribution >= 0.6 is 11.3 Å². The zero-order valence-corrected chi connectivity index (χ0v) is 11.3. The first-order valence-electron chi connectivity index (χ1n) is 5.69. The van der Waals surface area contributed by atoms with Gasteiger partial charge in [-0.05, 0) is 19.1 Å². The predicted octanol–water partition coefficient (Wildman–Crippen LogP) is 0.887. The second-order valence-electron chi connectivity index (χ2n) is 3.97. The maximum atomic E-state index is 11.9. The van der Waals surface area contributed by atoms with Gasteiger partial charge in [0.25, 0.3) is 5.91 Å². The molecule has 0 fully saturated rings. The molecule has 1 atom stereocenters. The summed E-state index contributed by atoms with van der Waals surface area (Å²) in [7, 11) is 0. The average molecular weight is 296 g/mol. The third-order valence-corrected chi connectivity index (χ3v) is 3.47. The first kappa shape index (κ1) is 14.2. The average Bonchev–Trinajstić information content (AvgIpc) is 3.04. The van der Waals surface area contributed by atoms with E-state index in [-0.39, 0.29) is 12.2 Å². The van der Waals surface area contributed by atoms with E-state index in [9.17, 15) is 9.59 Å². The third-order valence-electron chi connectivity index (χ3n) is 2.48. The number of aromatic nitrogens is 1. The van der Waals surface area contributed by atoms with Crippen LogP contribution in [-0.2, 0) is 4.79 Å². The van der Waals surface area contributed by atoms with Crippen LogP contribution in [0.2, 0.25) is 0 Å². The van der Waals surface area contributed by atoms with Gasteiger partial charge in [0, 0.05) is 4.88 Å². The van der Waals surface area contributed by atoms with Crippen molar-refractivity contribution in [2.75, 3.05) is 6.54 Å². The Morgan fingerprint density at radius 3 is 2.90 bits per heavy atom. The minimum Gasteiger partial charge on any atom is -0.479 e. The lowest BCUT2D eigenvalue weighted by Gasteiger charge is -2.06. The highest BCUT2D eigenvalue weighted by Gasteiger charge is 2.20. The molecule has 0 radical (unpaired) electrons. The molecule has 0 spiro atoms. The SMILES string of the molecule is Cc1sc(-c2ccco2)nc1C(=O)NCC(O)C(=O)O. The summed E-state index contributed by atoms with van der Waals surface area (Å²) in [5.74, 6) is -1.36. The van der Waals surface area contributed by atoms with Gasteiger partial charge in [-0.25, -0.2) is 9.78 Å². The summed E-state index contributed by atoms with van der Waals surface area (Å²) >= 11 is 1.30. The minimum absolute atomic E-state index is 0.194. The lowest BCUT2D eigenvalue weighted by molar-refractivity contribution is -0.146. The Bertz CT molecular complexity index is 620. The number of aliphatic carboxylic acids is 1. The molecule has 2 rings (SSSR count). The number of nitrogens with one attached hydrogen (secondary N) is 1. The van der Waals surface area contributed by atoms with Crippen molar-refractivity contribution >= 4 is 23.2 Å². The third kappa shape index (κ3) is 3.03. The highest BCUT2D eigenvalue weighted by atomic mass is 32.1. The summed E-state index contributed by atoms with van der Waals surface area (Å²) in [6.07, 6.45) is -0.128. The topological polar surface area (TPSA) is 113 Å². The first-order chi connectivity index (χ1) is 9.49. The van der Waals surface area contributed by atoms with E-state index in [0.29, 0.717) is 15.6 Å². The summed E-state index contributed by atoms with van der Waals surface area (Å²) in [5.41, 5.74) is 0.194. The largest absolute Gasteiger partial charge is 0.479 e. The van der Waals surface area contributed by atoms with Crippen LogP contribution in [0.3, 0.4) is 0 Å². The number of amides is 1. The molecular weight excluding hydrogens is 284 g/mol. The summed E-state index contributed by atoms with van der Waals surface area (Å²) < 4.78 is 5.20. The quantitative estimate of drug-likeness (QED) is 0.755. The molecule has 8 heteroatoms. The first-order valence-corrected chi connectivity index (χ1v) is 6.51. The normalized spacial score (nSPS) is 12.1. The summed E-state index contributed by atoms with van der Waals surface area (Å²) in [6.45, 7) is 1.36. The molecular formula is C12H12N2O5S. The number of rotatable bonds is 5. The second kappa shape index (κ2) is 5.85. The van der Waals surface area contributed by atoms with Gasteiger partial charge in [-0.1, -0.05) is 0 Å².